The summed E-state index contributed by atoms with van der Waals surface area (Å²) in [6.45, 7) is 8.43. The molecule has 1 fully saturated rings. The van der Waals surface area contributed by atoms with Crippen molar-refractivity contribution in [3.05, 3.63) is 82.9 Å². The van der Waals surface area contributed by atoms with Gasteiger partial charge in [0.05, 0.1) is 11.5 Å². The van der Waals surface area contributed by atoms with E-state index in [1.54, 1.807) is 6.08 Å². The van der Waals surface area contributed by atoms with Gasteiger partial charge in [0, 0.05) is 13.1 Å². The minimum Gasteiger partial charge on any atom is -0.385 e. The number of benzene rings is 2. The Morgan fingerprint density at radius 3 is 2.14 bits per heavy atom. The summed E-state index contributed by atoms with van der Waals surface area (Å²) in [7, 11) is 0. The molecular weight excluding hydrogens is 358 g/mol. The Morgan fingerprint density at radius 2 is 1.59 bits per heavy atom. The Bertz CT molecular complexity index is 880. The summed E-state index contributed by atoms with van der Waals surface area (Å²) < 4.78 is 0. The number of aryl methyl sites for hydroxylation is 2. The number of aliphatic hydroxyl groups is 1. The van der Waals surface area contributed by atoms with Crippen LogP contribution < -0.4 is 0 Å². The molecule has 1 aliphatic rings. The molecule has 152 valence electrons. The lowest BCUT2D eigenvalue weighted by atomic mass is 9.77. The van der Waals surface area contributed by atoms with E-state index in [1.807, 2.05) is 61.5 Å². The molecule has 0 aromatic heterocycles. The van der Waals surface area contributed by atoms with Crippen molar-refractivity contribution in [3.63, 3.8) is 0 Å². The summed E-state index contributed by atoms with van der Waals surface area (Å²) in [5, 5.41) is 11.4. The van der Waals surface area contributed by atoms with E-state index < -0.39 is 11.5 Å². The largest absolute Gasteiger partial charge is 0.385 e. The van der Waals surface area contributed by atoms with Gasteiger partial charge < -0.3 is 10.0 Å². The number of hydrogen-bond acceptors (Lipinski definition) is 3. The van der Waals surface area contributed by atoms with Crippen LogP contribution in [0.1, 0.15) is 35.6 Å². The van der Waals surface area contributed by atoms with Crippen molar-refractivity contribution >= 4 is 17.9 Å². The monoisotopic (exact) mass is 389 g/mol. The Hall–Kier alpha value is -2.49. The summed E-state index contributed by atoms with van der Waals surface area (Å²) in [5.74, 6) is -0.501. The molecule has 2 aromatic carbocycles. The van der Waals surface area contributed by atoms with Gasteiger partial charge in [-0.1, -0.05) is 84.8 Å². The molecule has 1 heterocycles. The highest BCUT2D eigenvalue weighted by molar-refractivity contribution is 5.96. The first-order valence-corrected chi connectivity index (χ1v) is 10.4. The van der Waals surface area contributed by atoms with Gasteiger partial charge in [-0.15, -0.1) is 0 Å². The average molecular weight is 390 g/mol. The Kier molecular flexibility index (Phi) is 6.83. The number of carbonyl (C=O) groups excluding carboxylic acids is 1. The third kappa shape index (κ3) is 5.53. The second-order valence-electron chi connectivity index (χ2n) is 8.08. The molecule has 2 aromatic rings. The minimum atomic E-state index is -1.13. The topological polar surface area (TPSA) is 40.5 Å². The van der Waals surface area contributed by atoms with Gasteiger partial charge in [0.2, 0.25) is 0 Å². The molecule has 1 N–H and O–H groups in total. The van der Waals surface area contributed by atoms with Crippen molar-refractivity contribution in [1.82, 2.24) is 4.90 Å². The maximum atomic E-state index is 13.1. The number of likely N-dealkylation sites (tertiary alicyclic amines) is 1. The van der Waals surface area contributed by atoms with Crippen LogP contribution in [0.25, 0.3) is 12.2 Å². The highest BCUT2D eigenvalue weighted by Crippen LogP contribution is 2.31. The van der Waals surface area contributed by atoms with Crippen molar-refractivity contribution < 1.29 is 9.90 Å². The number of allylic oxidation sites excluding steroid dienone is 1. The van der Waals surface area contributed by atoms with Gasteiger partial charge in [0.25, 0.3) is 0 Å². The van der Waals surface area contributed by atoms with Gasteiger partial charge in [-0.2, -0.15) is 0 Å². The quantitative estimate of drug-likeness (QED) is 0.730. The fourth-order valence-electron chi connectivity index (χ4n) is 3.73. The number of nitrogens with zero attached hydrogens (tertiary/aromatic N) is 1. The van der Waals surface area contributed by atoms with E-state index in [1.165, 1.54) is 11.1 Å². The first-order chi connectivity index (χ1) is 13.9. The Labute approximate surface area is 174 Å². The molecule has 3 rings (SSSR count). The van der Waals surface area contributed by atoms with Gasteiger partial charge >= 0.3 is 0 Å². The zero-order valence-electron chi connectivity index (χ0n) is 17.6. The zero-order chi connectivity index (χ0) is 20.9. The average Bonchev–Trinajstić information content (AvgIpc) is 2.73. The molecule has 29 heavy (non-hydrogen) atoms. The van der Waals surface area contributed by atoms with Gasteiger partial charge in [0.1, 0.15) is 0 Å². The van der Waals surface area contributed by atoms with Gasteiger partial charge in [-0.25, -0.2) is 0 Å². The molecule has 0 aliphatic carbocycles. The van der Waals surface area contributed by atoms with E-state index >= 15 is 0 Å². The van der Waals surface area contributed by atoms with Crippen LogP contribution in [0.15, 0.2) is 60.7 Å². The van der Waals surface area contributed by atoms with Crippen molar-refractivity contribution in [3.8, 4) is 0 Å². The van der Waals surface area contributed by atoms with Gasteiger partial charge in [-0.05, 0) is 44.0 Å². The summed E-state index contributed by atoms with van der Waals surface area (Å²) in [6, 6.07) is 16.2. The summed E-state index contributed by atoms with van der Waals surface area (Å²) in [5.41, 5.74) is 3.28. The van der Waals surface area contributed by atoms with E-state index in [4.69, 9.17) is 0 Å². The van der Waals surface area contributed by atoms with Crippen LogP contribution in [-0.2, 0) is 4.79 Å². The zero-order valence-corrected chi connectivity index (χ0v) is 17.6. The van der Waals surface area contributed by atoms with E-state index in [0.29, 0.717) is 13.0 Å². The van der Waals surface area contributed by atoms with Crippen LogP contribution in [-0.4, -0.2) is 41.0 Å². The number of rotatable bonds is 6. The highest BCUT2D eigenvalue weighted by Gasteiger charge is 2.42. The third-order valence-corrected chi connectivity index (χ3v) is 5.82. The van der Waals surface area contributed by atoms with Gasteiger partial charge in [-0.3, -0.25) is 4.79 Å². The number of hydrogen-bond donors (Lipinski definition) is 1. The first-order valence-electron chi connectivity index (χ1n) is 10.4. The summed E-state index contributed by atoms with van der Waals surface area (Å²) in [6.07, 6.45) is 7.78. The summed E-state index contributed by atoms with van der Waals surface area (Å²) >= 11 is 0. The normalized spacial score (nSPS) is 23.1. The van der Waals surface area contributed by atoms with E-state index in [9.17, 15) is 9.90 Å². The molecule has 0 bridgehead atoms. The van der Waals surface area contributed by atoms with Crippen LogP contribution in [0, 0.1) is 19.8 Å². The first kappa shape index (κ1) is 21.2. The van der Waals surface area contributed by atoms with Crippen LogP contribution in [0.4, 0.5) is 0 Å². The smallest absolute Gasteiger partial charge is 0.163 e. The van der Waals surface area contributed by atoms with Crippen LogP contribution in [0.5, 0.6) is 0 Å². The van der Waals surface area contributed by atoms with Crippen molar-refractivity contribution in [1.29, 1.82) is 0 Å². The molecule has 2 atom stereocenters. The maximum absolute atomic E-state index is 13.1. The SMILES string of the molecule is CCN1CC[C@](O)(/C=C\c2ccc(C)cc2)[C@H](C(=O)/C=C\c2ccc(C)cc2)C1. The lowest BCUT2D eigenvalue weighted by molar-refractivity contribution is -0.129. The number of piperidine rings is 1. The molecule has 0 radical (unpaired) electrons. The molecule has 1 saturated heterocycles. The Balaban J connectivity index is 1.81. The van der Waals surface area contributed by atoms with E-state index in [2.05, 4.69) is 30.9 Å². The molecule has 3 heteroatoms. The van der Waals surface area contributed by atoms with Crippen molar-refractivity contribution in [2.24, 2.45) is 5.92 Å². The van der Waals surface area contributed by atoms with Crippen molar-refractivity contribution in [2.45, 2.75) is 32.8 Å². The minimum absolute atomic E-state index is 0.0280. The predicted octanol–water partition coefficient (Wildman–Crippen LogP) is 4.67. The number of carbonyl (C=O) groups is 1. The molecule has 0 spiro atoms. The molecule has 0 amide bonds. The number of ketones is 1. The fourth-order valence-corrected chi connectivity index (χ4v) is 3.73. The molecule has 3 nitrogen and oxygen atoms in total. The molecule has 0 unspecified atom stereocenters. The molecule has 0 saturated carbocycles. The highest BCUT2D eigenvalue weighted by atomic mass is 16.3. The maximum Gasteiger partial charge on any atom is 0.163 e. The second kappa shape index (κ2) is 9.34. The fraction of sp³-hybridized carbons (Fsp3) is 0.346. The standard InChI is InChI=1S/C26H31NO2/c1-4-27-18-17-26(29,16-15-23-11-7-21(3)8-12-23)24(19-27)25(28)14-13-22-9-5-20(2)6-10-22/h5-16,24,29H,4,17-19H2,1-3H3/b14-13-,16-15-/t24-,26+/m0/s1. The van der Waals surface area contributed by atoms with Crippen molar-refractivity contribution in [2.75, 3.05) is 19.6 Å². The van der Waals surface area contributed by atoms with Gasteiger partial charge in [0.15, 0.2) is 5.78 Å². The van der Waals surface area contributed by atoms with E-state index in [-0.39, 0.29) is 5.78 Å². The lowest BCUT2D eigenvalue weighted by Gasteiger charge is -2.41. The summed E-state index contributed by atoms with van der Waals surface area (Å²) in [4.78, 5) is 15.3. The third-order valence-electron chi connectivity index (χ3n) is 5.82. The van der Waals surface area contributed by atoms with Crippen LogP contribution in [0.3, 0.4) is 0 Å². The van der Waals surface area contributed by atoms with E-state index in [0.717, 1.165) is 24.2 Å². The molecular formula is C26H31NO2. The second-order valence-corrected chi connectivity index (χ2v) is 8.08. The van der Waals surface area contributed by atoms with Crippen LogP contribution in [0.2, 0.25) is 0 Å². The predicted molar refractivity (Wildman–Crippen MR) is 121 cm³/mol. The lowest BCUT2D eigenvalue weighted by Crippen LogP contribution is -2.53. The molecule has 1 aliphatic heterocycles. The van der Waals surface area contributed by atoms with Crippen LogP contribution >= 0.6 is 0 Å². The Morgan fingerprint density at radius 1 is 1.03 bits per heavy atom.